The number of aryl methyl sites for hydroxylation is 2. The van der Waals surface area contributed by atoms with Crippen LogP contribution in [-0.4, -0.2) is 15.9 Å². The minimum Gasteiger partial charge on any atom is -0.383 e. The molecular weight excluding hydrogens is 252 g/mol. The van der Waals surface area contributed by atoms with Crippen LogP contribution >= 0.6 is 0 Å². The highest BCUT2D eigenvalue weighted by atomic mass is 16.1. The topological polar surface area (TPSA) is 94.9 Å². The van der Waals surface area contributed by atoms with Crippen molar-refractivity contribution in [3.05, 3.63) is 52.5 Å². The number of benzene rings is 1. The number of hydrogen-bond donors (Lipinski definition) is 2. The monoisotopic (exact) mass is 268 g/mol. The van der Waals surface area contributed by atoms with E-state index in [1.165, 1.54) is 11.1 Å². The molecule has 1 amide bonds. The van der Waals surface area contributed by atoms with Gasteiger partial charge in [-0.3, -0.25) is 4.79 Å². The summed E-state index contributed by atoms with van der Waals surface area (Å²) in [5, 5.41) is 0. The summed E-state index contributed by atoms with van der Waals surface area (Å²) in [4.78, 5) is 20.1. The Balaban J connectivity index is 2.07. The number of rotatable bonds is 2. The number of nitrogen functional groups attached to an aromatic ring is 1. The van der Waals surface area contributed by atoms with Gasteiger partial charge in [0.25, 0.3) is 5.91 Å². The summed E-state index contributed by atoms with van der Waals surface area (Å²) in [6.07, 6.45) is 1.98. The van der Waals surface area contributed by atoms with Crippen molar-refractivity contribution in [2.75, 3.05) is 5.73 Å². The van der Waals surface area contributed by atoms with Gasteiger partial charge in [-0.15, -0.1) is 0 Å². The average molecular weight is 268 g/mol. The van der Waals surface area contributed by atoms with Crippen LogP contribution in [0.15, 0.2) is 24.3 Å². The predicted molar refractivity (Wildman–Crippen MR) is 76.3 cm³/mol. The summed E-state index contributed by atoms with van der Waals surface area (Å²) in [5.74, 6) is 0.409. The molecule has 1 unspecified atom stereocenters. The molecule has 102 valence electrons. The fourth-order valence-electron chi connectivity index (χ4n) is 2.90. The lowest BCUT2D eigenvalue weighted by Gasteiger charge is -2.13. The number of anilines is 1. The molecule has 3 rings (SSSR count). The minimum atomic E-state index is -0.585. The van der Waals surface area contributed by atoms with Gasteiger partial charge in [-0.1, -0.05) is 24.3 Å². The smallest absolute Gasteiger partial charge is 0.254 e. The first kappa shape index (κ1) is 12.6. The molecule has 1 heterocycles. The van der Waals surface area contributed by atoms with Crippen LogP contribution < -0.4 is 11.5 Å². The van der Waals surface area contributed by atoms with Gasteiger partial charge in [0.15, 0.2) is 0 Å². The quantitative estimate of drug-likeness (QED) is 0.863. The second-order valence-electron chi connectivity index (χ2n) is 5.08. The summed E-state index contributed by atoms with van der Waals surface area (Å²) in [6, 6.07) is 8.29. The summed E-state index contributed by atoms with van der Waals surface area (Å²) in [7, 11) is 0. The third kappa shape index (κ3) is 1.91. The van der Waals surface area contributed by atoms with E-state index in [-0.39, 0.29) is 17.3 Å². The molecule has 1 atom stereocenters. The first-order valence-electron chi connectivity index (χ1n) is 6.59. The van der Waals surface area contributed by atoms with E-state index in [0.717, 1.165) is 12.8 Å². The Hall–Kier alpha value is -2.43. The molecule has 5 nitrogen and oxygen atoms in total. The fraction of sp³-hybridized carbons (Fsp3) is 0.267. The number of primary amides is 1. The van der Waals surface area contributed by atoms with Crippen LogP contribution in [0.5, 0.6) is 0 Å². The molecule has 20 heavy (non-hydrogen) atoms. The Morgan fingerprint density at radius 3 is 2.75 bits per heavy atom. The summed E-state index contributed by atoms with van der Waals surface area (Å²) in [5.41, 5.74) is 14.5. The van der Waals surface area contributed by atoms with E-state index in [9.17, 15) is 4.79 Å². The van der Waals surface area contributed by atoms with E-state index < -0.39 is 5.91 Å². The van der Waals surface area contributed by atoms with E-state index in [0.29, 0.717) is 11.5 Å². The fourth-order valence-corrected chi connectivity index (χ4v) is 2.90. The van der Waals surface area contributed by atoms with Crippen molar-refractivity contribution in [1.29, 1.82) is 0 Å². The van der Waals surface area contributed by atoms with Crippen molar-refractivity contribution in [3.63, 3.8) is 0 Å². The van der Waals surface area contributed by atoms with Crippen LogP contribution in [0.1, 0.15) is 45.3 Å². The Bertz CT molecular complexity index is 673. The molecule has 0 fully saturated rings. The third-order valence-corrected chi connectivity index (χ3v) is 3.83. The number of hydrogen-bond acceptors (Lipinski definition) is 4. The summed E-state index contributed by atoms with van der Waals surface area (Å²) >= 11 is 0. The zero-order chi connectivity index (χ0) is 14.3. The lowest BCUT2D eigenvalue weighted by atomic mass is 10.00. The maximum atomic E-state index is 11.3. The highest BCUT2D eigenvalue weighted by Gasteiger charge is 2.27. The van der Waals surface area contributed by atoms with Crippen molar-refractivity contribution in [1.82, 2.24) is 9.97 Å². The average Bonchev–Trinajstić information content (AvgIpc) is 2.81. The van der Waals surface area contributed by atoms with Crippen LogP contribution in [0.3, 0.4) is 0 Å². The molecule has 5 heteroatoms. The molecule has 0 bridgehead atoms. The van der Waals surface area contributed by atoms with Crippen LogP contribution in [-0.2, 0) is 6.42 Å². The van der Waals surface area contributed by atoms with Crippen molar-refractivity contribution in [2.45, 2.75) is 25.7 Å². The number of aromatic nitrogens is 2. The van der Waals surface area contributed by atoms with Crippen LogP contribution in [0.25, 0.3) is 0 Å². The number of carbonyl (C=O) groups excluding carboxylic acids is 1. The van der Waals surface area contributed by atoms with Gasteiger partial charge in [-0.2, -0.15) is 0 Å². The molecule has 0 saturated heterocycles. The Kier molecular flexibility index (Phi) is 2.89. The van der Waals surface area contributed by atoms with Gasteiger partial charge in [0.05, 0.1) is 5.69 Å². The standard InChI is InChI=1S/C15H16N4O/c1-8-12(14(17)20)13(16)19-15(18-8)11-7-6-9-4-2-3-5-10(9)11/h2-5,11H,6-7H2,1H3,(H2,17,20)(H2,16,18,19). The molecule has 1 aromatic carbocycles. The van der Waals surface area contributed by atoms with Gasteiger partial charge in [-0.05, 0) is 30.9 Å². The van der Waals surface area contributed by atoms with Crippen molar-refractivity contribution in [2.24, 2.45) is 5.73 Å². The molecule has 0 saturated carbocycles. The third-order valence-electron chi connectivity index (χ3n) is 3.83. The maximum absolute atomic E-state index is 11.3. The molecular formula is C15H16N4O. The predicted octanol–water partition coefficient (Wildman–Crippen LogP) is 1.54. The molecule has 2 aromatic rings. The highest BCUT2D eigenvalue weighted by Crippen LogP contribution is 2.36. The highest BCUT2D eigenvalue weighted by molar-refractivity contribution is 5.98. The van der Waals surface area contributed by atoms with E-state index in [4.69, 9.17) is 11.5 Å². The van der Waals surface area contributed by atoms with Gasteiger partial charge in [0.1, 0.15) is 17.2 Å². The summed E-state index contributed by atoms with van der Waals surface area (Å²) in [6.45, 7) is 1.74. The Morgan fingerprint density at radius 2 is 2.05 bits per heavy atom. The van der Waals surface area contributed by atoms with E-state index in [1.54, 1.807) is 6.92 Å². The minimum absolute atomic E-state index is 0.147. The van der Waals surface area contributed by atoms with E-state index >= 15 is 0 Å². The number of amides is 1. The number of nitrogens with zero attached hydrogens (tertiary/aromatic N) is 2. The van der Waals surface area contributed by atoms with Gasteiger partial charge in [-0.25, -0.2) is 9.97 Å². The van der Waals surface area contributed by atoms with Gasteiger partial charge >= 0.3 is 0 Å². The van der Waals surface area contributed by atoms with Gasteiger partial charge in [0, 0.05) is 5.92 Å². The largest absolute Gasteiger partial charge is 0.383 e. The molecule has 4 N–H and O–H groups in total. The molecule has 1 aliphatic carbocycles. The van der Waals surface area contributed by atoms with Crippen LogP contribution in [0, 0.1) is 6.92 Å². The lowest BCUT2D eigenvalue weighted by molar-refractivity contribution is 0.1000. The second-order valence-corrected chi connectivity index (χ2v) is 5.08. The lowest BCUT2D eigenvalue weighted by Crippen LogP contribution is -2.19. The Labute approximate surface area is 117 Å². The second kappa shape index (κ2) is 4.59. The zero-order valence-electron chi connectivity index (χ0n) is 11.3. The van der Waals surface area contributed by atoms with Crippen molar-refractivity contribution < 1.29 is 4.79 Å². The molecule has 1 aromatic heterocycles. The summed E-state index contributed by atoms with van der Waals surface area (Å²) < 4.78 is 0. The zero-order valence-corrected chi connectivity index (χ0v) is 11.3. The van der Waals surface area contributed by atoms with Crippen LogP contribution in [0.2, 0.25) is 0 Å². The van der Waals surface area contributed by atoms with Crippen LogP contribution in [0.4, 0.5) is 5.82 Å². The first-order valence-corrected chi connectivity index (χ1v) is 6.59. The van der Waals surface area contributed by atoms with Gasteiger partial charge < -0.3 is 11.5 Å². The van der Waals surface area contributed by atoms with E-state index in [1.807, 2.05) is 12.1 Å². The Morgan fingerprint density at radius 1 is 1.30 bits per heavy atom. The SMILES string of the molecule is Cc1nc(C2CCc3ccccc32)nc(N)c1C(N)=O. The molecule has 0 aliphatic heterocycles. The van der Waals surface area contributed by atoms with Crippen molar-refractivity contribution >= 4 is 11.7 Å². The molecule has 0 radical (unpaired) electrons. The van der Waals surface area contributed by atoms with E-state index in [2.05, 4.69) is 22.1 Å². The number of nitrogens with two attached hydrogens (primary N) is 2. The maximum Gasteiger partial charge on any atom is 0.254 e. The number of carbonyl (C=O) groups is 1. The van der Waals surface area contributed by atoms with Gasteiger partial charge in [0.2, 0.25) is 0 Å². The molecule has 1 aliphatic rings. The normalized spacial score (nSPS) is 16.9. The number of fused-ring (bicyclic) bond motifs is 1. The van der Waals surface area contributed by atoms with Crippen molar-refractivity contribution in [3.8, 4) is 0 Å². The first-order chi connectivity index (χ1) is 9.58. The molecule has 0 spiro atoms.